The number of alkyl halides is 2. The fraction of sp³-hybridized carbons (Fsp3) is 0.429. The van der Waals surface area contributed by atoms with E-state index in [9.17, 15) is 21.8 Å². The zero-order valence-corrected chi connectivity index (χ0v) is 18.3. The molecule has 2 saturated carbocycles. The van der Waals surface area contributed by atoms with Crippen LogP contribution in [0.25, 0.3) is 0 Å². The second kappa shape index (κ2) is 9.17. The molecule has 0 heterocycles. The number of rotatable bonds is 5. The molecular weight excluding hydrogens is 497 g/mol. The molecule has 2 aromatic carbocycles. The van der Waals surface area contributed by atoms with Crippen LogP contribution in [-0.4, -0.2) is 18.2 Å². The van der Waals surface area contributed by atoms with Gasteiger partial charge in [-0.3, -0.25) is 0 Å². The summed E-state index contributed by atoms with van der Waals surface area (Å²) >= 11 is 0.0287. The fourth-order valence-corrected chi connectivity index (χ4v) is 6.80. The van der Waals surface area contributed by atoms with E-state index in [1.807, 2.05) is 0 Å². The maximum atomic E-state index is 13.0. The molecule has 0 aromatic heterocycles. The van der Waals surface area contributed by atoms with Gasteiger partial charge in [0.25, 0.3) is 0 Å². The molecule has 7 heteroatoms. The molecule has 2 aliphatic carbocycles. The van der Waals surface area contributed by atoms with Gasteiger partial charge in [0.15, 0.2) is 17.3 Å². The van der Waals surface area contributed by atoms with Crippen LogP contribution in [0.2, 0.25) is 0 Å². The standard InChI is InChI=1S/C12H10I.C9H14F2O3S/c1-3-7-11(8-4-1)13-12-9-5-2-6-10-12;10-9(11,15(12,13)14)5-8-4-6-1-2-7(8)3-6/h1-10H;6-8H,1-5H2,(H,12,13,14)/q+1;/p-1. The SMILES string of the molecule is O=S(=O)([O-])C(F)(F)CC1CC2CCC1C2.c1ccc([I+]c2ccccc2)cc1. The van der Waals surface area contributed by atoms with Crippen LogP contribution >= 0.6 is 0 Å². The lowest BCUT2D eigenvalue weighted by Gasteiger charge is -2.27. The molecule has 2 aliphatic rings. The summed E-state index contributed by atoms with van der Waals surface area (Å²) in [5.41, 5.74) is 0. The molecular formula is C21H23F2IO3S. The Morgan fingerprint density at radius 3 is 1.86 bits per heavy atom. The van der Waals surface area contributed by atoms with E-state index >= 15 is 0 Å². The topological polar surface area (TPSA) is 57.2 Å². The van der Waals surface area contributed by atoms with E-state index in [4.69, 9.17) is 0 Å². The molecule has 4 rings (SSSR count). The van der Waals surface area contributed by atoms with E-state index in [-0.39, 0.29) is 33.0 Å². The lowest BCUT2D eigenvalue weighted by molar-refractivity contribution is -0.597. The minimum atomic E-state index is -5.49. The summed E-state index contributed by atoms with van der Waals surface area (Å²) in [5, 5.41) is -4.08. The van der Waals surface area contributed by atoms with Gasteiger partial charge in [-0.15, -0.1) is 0 Å². The van der Waals surface area contributed by atoms with Crippen LogP contribution in [0.5, 0.6) is 0 Å². The number of halogens is 3. The minimum absolute atomic E-state index is 0.0287. The molecule has 0 amide bonds. The van der Waals surface area contributed by atoms with Gasteiger partial charge in [-0.2, -0.15) is 8.78 Å². The summed E-state index contributed by atoms with van der Waals surface area (Å²) in [7, 11) is -5.49. The van der Waals surface area contributed by atoms with Gasteiger partial charge in [0.1, 0.15) is 0 Å². The van der Waals surface area contributed by atoms with Gasteiger partial charge in [0.2, 0.25) is 0 Å². The molecule has 2 bridgehead atoms. The van der Waals surface area contributed by atoms with Crippen LogP contribution < -0.4 is 21.2 Å². The van der Waals surface area contributed by atoms with Crippen molar-refractivity contribution < 1.29 is 43.0 Å². The maximum Gasteiger partial charge on any atom is 0.357 e. The number of benzene rings is 2. The Bertz CT molecular complexity index is 822. The van der Waals surface area contributed by atoms with Crippen LogP contribution in [-0.2, 0) is 10.1 Å². The lowest BCUT2D eigenvalue weighted by Crippen LogP contribution is -3.61. The second-order valence-corrected chi connectivity index (χ2v) is 12.0. The Hall–Kier alpha value is -1.06. The molecule has 2 fully saturated rings. The van der Waals surface area contributed by atoms with Crippen molar-refractivity contribution in [3.63, 3.8) is 0 Å². The van der Waals surface area contributed by atoms with Gasteiger partial charge < -0.3 is 4.55 Å². The van der Waals surface area contributed by atoms with Crippen molar-refractivity contribution in [2.45, 2.75) is 37.4 Å². The summed E-state index contributed by atoms with van der Waals surface area (Å²) in [6.45, 7) is 0. The average Bonchev–Trinajstić information content (AvgIpc) is 3.26. The molecule has 28 heavy (non-hydrogen) atoms. The van der Waals surface area contributed by atoms with E-state index in [1.165, 1.54) is 7.14 Å². The summed E-state index contributed by atoms with van der Waals surface area (Å²) < 4.78 is 60.0. The summed E-state index contributed by atoms with van der Waals surface area (Å²) in [6.07, 6.45) is 2.79. The Balaban J connectivity index is 0.000000162. The van der Waals surface area contributed by atoms with Gasteiger partial charge in [-0.05, 0) is 61.3 Å². The van der Waals surface area contributed by atoms with Crippen LogP contribution in [0.1, 0.15) is 32.1 Å². The van der Waals surface area contributed by atoms with Crippen molar-refractivity contribution in [3.05, 3.63) is 67.8 Å². The smallest absolute Gasteiger partial charge is 0.357 e. The third-order valence-electron chi connectivity index (χ3n) is 5.43. The van der Waals surface area contributed by atoms with E-state index in [1.54, 1.807) is 0 Å². The quantitative estimate of drug-likeness (QED) is 0.446. The largest absolute Gasteiger partial charge is 0.743 e. The first-order chi connectivity index (χ1) is 13.2. The minimum Gasteiger partial charge on any atom is -0.743 e. The first kappa shape index (κ1) is 21.6. The molecule has 3 unspecified atom stereocenters. The van der Waals surface area contributed by atoms with Gasteiger partial charge in [0, 0.05) is 6.42 Å². The third kappa shape index (κ3) is 5.73. The summed E-state index contributed by atoms with van der Waals surface area (Å²) in [6, 6.07) is 21.4. The van der Waals surface area contributed by atoms with E-state index in [0.717, 1.165) is 19.3 Å². The lowest BCUT2D eigenvalue weighted by atomic mass is 9.86. The van der Waals surface area contributed by atoms with E-state index < -0.39 is 21.8 Å². The Morgan fingerprint density at radius 2 is 1.46 bits per heavy atom. The number of fused-ring (bicyclic) bond motifs is 2. The van der Waals surface area contributed by atoms with Gasteiger partial charge in [-0.1, -0.05) is 42.8 Å². The third-order valence-corrected chi connectivity index (χ3v) is 9.02. The van der Waals surface area contributed by atoms with Crippen molar-refractivity contribution in [3.8, 4) is 0 Å². The van der Waals surface area contributed by atoms with Gasteiger partial charge >= 0.3 is 26.5 Å². The van der Waals surface area contributed by atoms with Gasteiger partial charge in [0.05, 0.1) is 0 Å². The fourth-order valence-electron chi connectivity index (χ4n) is 4.12. The monoisotopic (exact) mass is 520 g/mol. The van der Waals surface area contributed by atoms with Crippen LogP contribution in [0, 0.1) is 24.9 Å². The van der Waals surface area contributed by atoms with Crippen molar-refractivity contribution in [1.29, 1.82) is 0 Å². The Kier molecular flexibility index (Phi) is 7.09. The highest BCUT2D eigenvalue weighted by molar-refractivity contribution is 7.86. The first-order valence-corrected chi connectivity index (χ1v) is 12.9. The number of hydrogen-bond acceptors (Lipinski definition) is 3. The molecule has 0 radical (unpaired) electrons. The normalized spacial score (nSPS) is 23.9. The zero-order chi connectivity index (χ0) is 20.2. The number of hydrogen-bond donors (Lipinski definition) is 0. The first-order valence-electron chi connectivity index (χ1n) is 9.33. The molecule has 152 valence electrons. The van der Waals surface area contributed by atoms with Crippen molar-refractivity contribution in [2.75, 3.05) is 0 Å². The molecule has 0 aliphatic heterocycles. The summed E-state index contributed by atoms with van der Waals surface area (Å²) in [5.74, 6) is 0.412. The molecule has 3 nitrogen and oxygen atoms in total. The highest BCUT2D eigenvalue weighted by Gasteiger charge is 2.47. The maximum absolute atomic E-state index is 13.0. The second-order valence-electron chi connectivity index (χ2n) is 7.42. The Morgan fingerprint density at radius 1 is 0.929 bits per heavy atom. The highest BCUT2D eigenvalue weighted by atomic mass is 127. The summed E-state index contributed by atoms with van der Waals surface area (Å²) in [4.78, 5) is 0. The highest BCUT2D eigenvalue weighted by Crippen LogP contribution is 2.51. The van der Waals surface area contributed by atoms with Gasteiger partial charge in [-0.25, -0.2) is 8.42 Å². The van der Waals surface area contributed by atoms with Crippen molar-refractivity contribution in [2.24, 2.45) is 17.8 Å². The van der Waals surface area contributed by atoms with E-state index in [2.05, 4.69) is 60.7 Å². The van der Waals surface area contributed by atoms with Crippen molar-refractivity contribution >= 4 is 10.1 Å². The van der Waals surface area contributed by atoms with Crippen molar-refractivity contribution in [1.82, 2.24) is 0 Å². The molecule has 3 atom stereocenters. The van der Waals surface area contributed by atoms with Crippen LogP contribution in [0.4, 0.5) is 8.78 Å². The van der Waals surface area contributed by atoms with E-state index in [0.29, 0.717) is 12.3 Å². The van der Waals surface area contributed by atoms with Crippen LogP contribution in [0.15, 0.2) is 60.7 Å². The Labute approximate surface area is 175 Å². The molecule has 0 saturated heterocycles. The molecule has 0 N–H and O–H groups in total. The van der Waals surface area contributed by atoms with Crippen LogP contribution in [0.3, 0.4) is 0 Å². The molecule has 0 spiro atoms. The predicted octanol–water partition coefficient (Wildman–Crippen LogP) is 1.77. The predicted molar refractivity (Wildman–Crippen MR) is 98.5 cm³/mol. The molecule has 2 aromatic rings. The average molecular weight is 520 g/mol. The zero-order valence-electron chi connectivity index (χ0n) is 15.3.